The number of benzene rings is 1. The Hall–Kier alpha value is -0.670. The molecule has 0 bridgehead atoms. The number of ether oxygens (including phenoxy) is 1. The lowest BCUT2D eigenvalue weighted by Gasteiger charge is -2.38. The van der Waals surface area contributed by atoms with Gasteiger partial charge in [0.15, 0.2) is 0 Å². The summed E-state index contributed by atoms with van der Waals surface area (Å²) in [5.74, 6) is 0. The van der Waals surface area contributed by atoms with Gasteiger partial charge in [-0.3, -0.25) is 0 Å². The maximum Gasteiger partial charge on any atom is 0.0559 e. The Balaban J connectivity index is 1.87. The maximum atomic E-state index is 5.22. The third kappa shape index (κ3) is 2.67. The van der Waals surface area contributed by atoms with Crippen molar-refractivity contribution in [3.05, 3.63) is 24.3 Å². The molecule has 0 unspecified atom stereocenters. The van der Waals surface area contributed by atoms with Crippen molar-refractivity contribution in [3.8, 4) is 0 Å². The highest BCUT2D eigenvalue weighted by molar-refractivity contribution is 7.98. The lowest BCUT2D eigenvalue weighted by Crippen LogP contribution is -2.45. The molecule has 0 radical (unpaired) electrons. The lowest BCUT2D eigenvalue weighted by atomic mass is 9.89. The monoisotopic (exact) mass is 223 g/mol. The molecule has 2 nitrogen and oxygen atoms in total. The van der Waals surface area contributed by atoms with Crippen molar-refractivity contribution in [2.24, 2.45) is 5.41 Å². The predicted molar refractivity (Wildman–Crippen MR) is 65.6 cm³/mol. The molecule has 0 aliphatic carbocycles. The standard InChI is InChI=1S/C12H17NOS/c1-12(8-14-9-12)7-13-10-3-5-11(15-2)6-4-10/h3-6,13H,7-9H2,1-2H3. The van der Waals surface area contributed by atoms with Crippen LogP contribution < -0.4 is 5.32 Å². The van der Waals surface area contributed by atoms with E-state index in [1.54, 1.807) is 11.8 Å². The maximum absolute atomic E-state index is 5.22. The van der Waals surface area contributed by atoms with Crippen LogP contribution in [0.15, 0.2) is 29.2 Å². The Kier molecular flexibility index (Phi) is 3.22. The van der Waals surface area contributed by atoms with Crippen LogP contribution in [0.2, 0.25) is 0 Å². The fourth-order valence-corrected chi connectivity index (χ4v) is 1.99. The zero-order valence-corrected chi connectivity index (χ0v) is 10.1. The summed E-state index contributed by atoms with van der Waals surface area (Å²) < 4.78 is 5.22. The van der Waals surface area contributed by atoms with E-state index in [1.165, 1.54) is 10.6 Å². The van der Waals surface area contributed by atoms with Gasteiger partial charge in [0.2, 0.25) is 0 Å². The molecule has 1 aromatic rings. The average molecular weight is 223 g/mol. The van der Waals surface area contributed by atoms with Crippen LogP contribution in [0.4, 0.5) is 5.69 Å². The van der Waals surface area contributed by atoms with Crippen molar-refractivity contribution in [3.63, 3.8) is 0 Å². The van der Waals surface area contributed by atoms with Gasteiger partial charge in [-0.2, -0.15) is 0 Å². The van der Waals surface area contributed by atoms with Gasteiger partial charge in [-0.05, 0) is 30.5 Å². The number of thioether (sulfide) groups is 1. The topological polar surface area (TPSA) is 21.3 Å². The molecule has 1 fully saturated rings. The van der Waals surface area contributed by atoms with E-state index in [2.05, 4.69) is 42.8 Å². The van der Waals surface area contributed by atoms with Crippen molar-refractivity contribution in [1.29, 1.82) is 0 Å². The van der Waals surface area contributed by atoms with Crippen molar-refractivity contribution in [1.82, 2.24) is 0 Å². The number of rotatable bonds is 4. The molecular formula is C12H17NOS. The van der Waals surface area contributed by atoms with E-state index in [1.807, 2.05) is 0 Å². The van der Waals surface area contributed by atoms with E-state index >= 15 is 0 Å². The summed E-state index contributed by atoms with van der Waals surface area (Å²) in [4.78, 5) is 1.30. The van der Waals surface area contributed by atoms with Crippen LogP contribution in [0.5, 0.6) is 0 Å². The van der Waals surface area contributed by atoms with Crippen LogP contribution in [0.25, 0.3) is 0 Å². The minimum atomic E-state index is 0.332. The number of nitrogens with one attached hydrogen (secondary N) is 1. The zero-order chi connectivity index (χ0) is 10.7. The van der Waals surface area contributed by atoms with Crippen LogP contribution >= 0.6 is 11.8 Å². The van der Waals surface area contributed by atoms with Gasteiger partial charge in [-0.25, -0.2) is 0 Å². The Morgan fingerprint density at radius 2 is 2.00 bits per heavy atom. The molecule has 3 heteroatoms. The van der Waals surface area contributed by atoms with Gasteiger partial charge in [0.1, 0.15) is 0 Å². The van der Waals surface area contributed by atoms with E-state index in [0.29, 0.717) is 5.41 Å². The third-order valence-electron chi connectivity index (χ3n) is 2.71. The summed E-state index contributed by atoms with van der Waals surface area (Å²) in [5.41, 5.74) is 1.53. The van der Waals surface area contributed by atoms with Gasteiger partial charge in [0.25, 0.3) is 0 Å². The second-order valence-electron chi connectivity index (χ2n) is 4.39. The minimum absolute atomic E-state index is 0.332. The van der Waals surface area contributed by atoms with Gasteiger partial charge >= 0.3 is 0 Å². The van der Waals surface area contributed by atoms with Crippen LogP contribution in [0, 0.1) is 5.41 Å². The predicted octanol–water partition coefficient (Wildman–Crippen LogP) is 2.86. The number of hydrogen-bond donors (Lipinski definition) is 1. The number of hydrogen-bond acceptors (Lipinski definition) is 3. The van der Waals surface area contributed by atoms with Crippen molar-refractivity contribution in [2.75, 3.05) is 31.3 Å². The fraction of sp³-hybridized carbons (Fsp3) is 0.500. The minimum Gasteiger partial charge on any atom is -0.384 e. The molecule has 1 N–H and O–H groups in total. The summed E-state index contributed by atoms with van der Waals surface area (Å²) in [6, 6.07) is 8.56. The first-order valence-corrected chi connectivity index (χ1v) is 6.40. The van der Waals surface area contributed by atoms with Gasteiger partial charge in [0.05, 0.1) is 13.2 Å². The molecule has 0 saturated carbocycles. The fourth-order valence-electron chi connectivity index (χ4n) is 1.58. The SMILES string of the molecule is CSc1ccc(NCC2(C)COC2)cc1. The summed E-state index contributed by atoms with van der Waals surface area (Å²) in [7, 11) is 0. The molecule has 0 amide bonds. The average Bonchev–Trinajstić information content (AvgIpc) is 2.24. The first kappa shape index (κ1) is 10.8. The molecule has 0 atom stereocenters. The highest BCUT2D eigenvalue weighted by Gasteiger charge is 2.32. The van der Waals surface area contributed by atoms with Crippen LogP contribution in [-0.2, 0) is 4.74 Å². The Bertz CT molecular complexity index is 319. The second-order valence-corrected chi connectivity index (χ2v) is 5.27. The normalized spacial score (nSPS) is 18.3. The van der Waals surface area contributed by atoms with Crippen LogP contribution in [0.3, 0.4) is 0 Å². The highest BCUT2D eigenvalue weighted by atomic mass is 32.2. The summed E-state index contributed by atoms with van der Waals surface area (Å²) in [5, 5.41) is 3.45. The summed E-state index contributed by atoms with van der Waals surface area (Å²) >= 11 is 1.77. The second kappa shape index (κ2) is 4.45. The quantitative estimate of drug-likeness (QED) is 0.793. The van der Waals surface area contributed by atoms with Crippen molar-refractivity contribution in [2.45, 2.75) is 11.8 Å². The molecule has 1 aliphatic heterocycles. The van der Waals surface area contributed by atoms with Crippen molar-refractivity contribution < 1.29 is 4.74 Å². The van der Waals surface area contributed by atoms with E-state index in [4.69, 9.17) is 4.74 Å². The van der Waals surface area contributed by atoms with Gasteiger partial charge in [-0.1, -0.05) is 6.92 Å². The molecule has 15 heavy (non-hydrogen) atoms. The Morgan fingerprint density at radius 3 is 2.47 bits per heavy atom. The molecule has 0 aromatic heterocycles. The van der Waals surface area contributed by atoms with Gasteiger partial charge in [0, 0.05) is 22.5 Å². The molecule has 1 heterocycles. The van der Waals surface area contributed by atoms with E-state index in [9.17, 15) is 0 Å². The first-order chi connectivity index (χ1) is 7.22. The lowest BCUT2D eigenvalue weighted by molar-refractivity contribution is -0.0924. The van der Waals surface area contributed by atoms with Crippen LogP contribution in [-0.4, -0.2) is 26.0 Å². The smallest absolute Gasteiger partial charge is 0.0559 e. The van der Waals surface area contributed by atoms with Gasteiger partial charge < -0.3 is 10.1 Å². The third-order valence-corrected chi connectivity index (χ3v) is 3.45. The Labute approximate surface area is 95.4 Å². The molecule has 1 aromatic carbocycles. The molecular weight excluding hydrogens is 206 g/mol. The molecule has 1 saturated heterocycles. The molecule has 0 spiro atoms. The van der Waals surface area contributed by atoms with E-state index in [0.717, 1.165) is 19.8 Å². The zero-order valence-electron chi connectivity index (χ0n) is 9.25. The van der Waals surface area contributed by atoms with Crippen LogP contribution in [0.1, 0.15) is 6.92 Å². The highest BCUT2D eigenvalue weighted by Crippen LogP contribution is 2.27. The molecule has 1 aliphatic rings. The molecule has 82 valence electrons. The summed E-state index contributed by atoms with van der Waals surface area (Å²) in [6.07, 6.45) is 2.09. The van der Waals surface area contributed by atoms with E-state index < -0.39 is 0 Å². The van der Waals surface area contributed by atoms with Gasteiger partial charge in [-0.15, -0.1) is 11.8 Å². The Morgan fingerprint density at radius 1 is 1.33 bits per heavy atom. The number of anilines is 1. The van der Waals surface area contributed by atoms with E-state index in [-0.39, 0.29) is 0 Å². The largest absolute Gasteiger partial charge is 0.384 e. The summed E-state index contributed by atoms with van der Waals surface area (Å²) in [6.45, 7) is 5.00. The van der Waals surface area contributed by atoms with Crippen molar-refractivity contribution >= 4 is 17.4 Å². The molecule has 2 rings (SSSR count). The first-order valence-electron chi connectivity index (χ1n) is 5.18.